The van der Waals surface area contributed by atoms with E-state index < -0.39 is 0 Å². The van der Waals surface area contributed by atoms with Gasteiger partial charge in [-0.25, -0.2) is 4.98 Å². The van der Waals surface area contributed by atoms with Crippen LogP contribution in [0.4, 0.5) is 5.69 Å². The highest BCUT2D eigenvalue weighted by Crippen LogP contribution is 2.25. The van der Waals surface area contributed by atoms with Crippen LogP contribution in [0.2, 0.25) is 0 Å². The number of hydrogen-bond donors (Lipinski definition) is 1. The van der Waals surface area contributed by atoms with Gasteiger partial charge in [-0.15, -0.1) is 0 Å². The lowest BCUT2D eigenvalue weighted by molar-refractivity contribution is 0.575. The minimum Gasteiger partial charge on any atom is -0.398 e. The number of nitrogen functional groups attached to an aromatic ring is 1. The predicted octanol–water partition coefficient (Wildman–Crippen LogP) is 6.65. The number of unbranched alkanes of at least 4 members (excludes halogenated alkanes) is 7. The molecule has 3 rings (SSSR count). The number of pyridine rings is 1. The molecule has 2 heteroatoms. The van der Waals surface area contributed by atoms with Gasteiger partial charge in [0.1, 0.15) is 0 Å². The van der Waals surface area contributed by atoms with Crippen LogP contribution in [-0.2, 0) is 6.42 Å². The highest BCUT2D eigenvalue weighted by Gasteiger charge is 2.04. The van der Waals surface area contributed by atoms with Crippen molar-refractivity contribution in [2.24, 2.45) is 0 Å². The molecular weight excluding hydrogens is 304 g/mol. The summed E-state index contributed by atoms with van der Waals surface area (Å²) in [6, 6.07) is 14.8. The van der Waals surface area contributed by atoms with Crippen LogP contribution in [0.1, 0.15) is 63.9 Å². The lowest BCUT2D eigenvalue weighted by Gasteiger charge is -2.07. The summed E-state index contributed by atoms with van der Waals surface area (Å²) >= 11 is 0. The van der Waals surface area contributed by atoms with E-state index in [4.69, 9.17) is 10.7 Å². The van der Waals surface area contributed by atoms with Gasteiger partial charge in [0.25, 0.3) is 0 Å². The van der Waals surface area contributed by atoms with E-state index in [1.54, 1.807) is 0 Å². The van der Waals surface area contributed by atoms with E-state index in [2.05, 4.69) is 31.2 Å². The SMILES string of the molecule is CCCCCCCCCCc1ccc2nc3cccc(N)c3cc2c1. The molecule has 1 heterocycles. The Morgan fingerprint density at radius 2 is 1.56 bits per heavy atom. The quantitative estimate of drug-likeness (QED) is 0.270. The molecule has 0 bridgehead atoms. The lowest BCUT2D eigenvalue weighted by atomic mass is 10.0. The average molecular weight is 335 g/mol. The zero-order valence-corrected chi connectivity index (χ0v) is 15.4. The van der Waals surface area contributed by atoms with Crippen LogP contribution in [0.25, 0.3) is 21.8 Å². The normalized spacial score (nSPS) is 11.4. The van der Waals surface area contributed by atoms with Crippen LogP contribution < -0.4 is 5.73 Å². The second-order valence-corrected chi connectivity index (χ2v) is 7.15. The molecule has 0 radical (unpaired) electrons. The maximum atomic E-state index is 6.10. The first-order chi connectivity index (χ1) is 12.3. The van der Waals surface area contributed by atoms with Gasteiger partial charge in [0.2, 0.25) is 0 Å². The van der Waals surface area contributed by atoms with Gasteiger partial charge >= 0.3 is 0 Å². The molecule has 0 aliphatic carbocycles. The van der Waals surface area contributed by atoms with Crippen molar-refractivity contribution in [1.29, 1.82) is 0 Å². The Hall–Kier alpha value is -2.09. The Balaban J connectivity index is 1.57. The second-order valence-electron chi connectivity index (χ2n) is 7.15. The molecule has 0 atom stereocenters. The third-order valence-electron chi connectivity index (χ3n) is 5.07. The third-order valence-corrected chi connectivity index (χ3v) is 5.07. The van der Waals surface area contributed by atoms with Gasteiger partial charge in [0.05, 0.1) is 11.0 Å². The number of nitrogens with zero attached hydrogens (tertiary/aromatic N) is 1. The molecule has 0 aliphatic heterocycles. The number of benzene rings is 2. The summed E-state index contributed by atoms with van der Waals surface area (Å²) in [6.45, 7) is 2.27. The maximum absolute atomic E-state index is 6.10. The molecule has 3 aromatic rings. The van der Waals surface area contributed by atoms with Gasteiger partial charge in [-0.3, -0.25) is 0 Å². The van der Waals surface area contributed by atoms with E-state index in [0.717, 1.165) is 28.5 Å². The number of fused-ring (bicyclic) bond motifs is 2. The molecular formula is C23H30N2. The predicted molar refractivity (Wildman–Crippen MR) is 110 cm³/mol. The minimum atomic E-state index is 0.806. The van der Waals surface area contributed by atoms with Crippen molar-refractivity contribution in [1.82, 2.24) is 4.98 Å². The number of hydrogen-bond acceptors (Lipinski definition) is 2. The summed E-state index contributed by atoms with van der Waals surface area (Å²) in [6.07, 6.45) is 12.1. The van der Waals surface area contributed by atoms with E-state index in [-0.39, 0.29) is 0 Å². The summed E-state index contributed by atoms with van der Waals surface area (Å²) in [5.41, 5.74) is 10.3. The van der Waals surface area contributed by atoms with E-state index in [0.29, 0.717) is 0 Å². The summed E-state index contributed by atoms with van der Waals surface area (Å²) in [5, 5.41) is 2.25. The number of anilines is 1. The molecule has 1 aromatic heterocycles. The Kier molecular flexibility index (Phi) is 6.27. The highest BCUT2D eigenvalue weighted by atomic mass is 14.7. The van der Waals surface area contributed by atoms with E-state index in [1.807, 2.05) is 18.2 Å². The van der Waals surface area contributed by atoms with Gasteiger partial charge in [0, 0.05) is 16.5 Å². The Bertz CT molecular complexity index is 823. The first-order valence-electron chi connectivity index (χ1n) is 9.86. The number of aryl methyl sites for hydroxylation is 1. The Labute approximate surface area is 151 Å². The molecule has 0 unspecified atom stereocenters. The van der Waals surface area contributed by atoms with E-state index in [9.17, 15) is 0 Å². The fourth-order valence-corrected chi connectivity index (χ4v) is 3.55. The van der Waals surface area contributed by atoms with Crippen molar-refractivity contribution < 1.29 is 0 Å². The van der Waals surface area contributed by atoms with E-state index >= 15 is 0 Å². The molecule has 25 heavy (non-hydrogen) atoms. The fourth-order valence-electron chi connectivity index (χ4n) is 3.55. The van der Waals surface area contributed by atoms with Crippen LogP contribution in [0.3, 0.4) is 0 Å². The Morgan fingerprint density at radius 1 is 0.800 bits per heavy atom. The van der Waals surface area contributed by atoms with Crippen LogP contribution in [0.5, 0.6) is 0 Å². The van der Waals surface area contributed by atoms with Gasteiger partial charge in [-0.1, -0.05) is 64.0 Å². The van der Waals surface area contributed by atoms with Crippen molar-refractivity contribution in [2.75, 3.05) is 5.73 Å². The van der Waals surface area contributed by atoms with E-state index in [1.165, 1.54) is 62.3 Å². The molecule has 0 amide bonds. The van der Waals surface area contributed by atoms with Crippen LogP contribution in [-0.4, -0.2) is 4.98 Å². The summed E-state index contributed by atoms with van der Waals surface area (Å²) < 4.78 is 0. The van der Waals surface area contributed by atoms with Crippen molar-refractivity contribution in [3.05, 3.63) is 48.0 Å². The van der Waals surface area contributed by atoms with Crippen molar-refractivity contribution in [2.45, 2.75) is 64.7 Å². The number of rotatable bonds is 9. The van der Waals surface area contributed by atoms with Gasteiger partial charge in [0.15, 0.2) is 0 Å². The zero-order valence-electron chi connectivity index (χ0n) is 15.4. The number of nitrogens with two attached hydrogens (primary N) is 1. The molecule has 0 saturated carbocycles. The van der Waals surface area contributed by atoms with Crippen LogP contribution in [0.15, 0.2) is 42.5 Å². The molecule has 0 aliphatic rings. The zero-order chi connectivity index (χ0) is 17.5. The summed E-state index contributed by atoms with van der Waals surface area (Å²) in [4.78, 5) is 4.74. The number of aromatic nitrogens is 1. The molecule has 0 saturated heterocycles. The minimum absolute atomic E-state index is 0.806. The van der Waals surface area contributed by atoms with Crippen molar-refractivity contribution in [3.63, 3.8) is 0 Å². The topological polar surface area (TPSA) is 38.9 Å². The molecule has 2 N–H and O–H groups in total. The Morgan fingerprint density at radius 3 is 2.36 bits per heavy atom. The molecule has 132 valence electrons. The van der Waals surface area contributed by atoms with Gasteiger partial charge < -0.3 is 5.73 Å². The van der Waals surface area contributed by atoms with Gasteiger partial charge in [-0.05, 0) is 48.7 Å². The van der Waals surface area contributed by atoms with Gasteiger partial charge in [-0.2, -0.15) is 0 Å². The smallest absolute Gasteiger partial charge is 0.0730 e. The molecule has 0 fully saturated rings. The monoisotopic (exact) mass is 334 g/mol. The standard InChI is InChI=1S/C23H30N2/c1-2-3-4-5-6-7-8-9-11-18-14-15-22-19(16-18)17-20-21(24)12-10-13-23(20)25-22/h10,12-17H,2-9,11,24H2,1H3. The maximum Gasteiger partial charge on any atom is 0.0730 e. The fraction of sp³-hybridized carbons (Fsp3) is 0.435. The first kappa shape index (κ1) is 17.7. The lowest BCUT2D eigenvalue weighted by Crippen LogP contribution is -1.91. The molecule has 2 aromatic carbocycles. The van der Waals surface area contributed by atoms with Crippen molar-refractivity contribution >= 4 is 27.5 Å². The largest absolute Gasteiger partial charge is 0.398 e. The molecule has 0 spiro atoms. The second kappa shape index (κ2) is 8.84. The summed E-state index contributed by atoms with van der Waals surface area (Å²) in [7, 11) is 0. The van der Waals surface area contributed by atoms with Crippen LogP contribution in [0, 0.1) is 0 Å². The van der Waals surface area contributed by atoms with Crippen molar-refractivity contribution in [3.8, 4) is 0 Å². The third kappa shape index (κ3) is 4.72. The average Bonchev–Trinajstić information content (AvgIpc) is 2.63. The first-order valence-corrected chi connectivity index (χ1v) is 9.86. The highest BCUT2D eigenvalue weighted by molar-refractivity contribution is 5.98. The molecule has 2 nitrogen and oxygen atoms in total. The van der Waals surface area contributed by atoms with Crippen LogP contribution >= 0.6 is 0 Å². The summed E-state index contributed by atoms with van der Waals surface area (Å²) in [5.74, 6) is 0.